The van der Waals surface area contributed by atoms with Crippen LogP contribution in [0.15, 0.2) is 15.4 Å². The van der Waals surface area contributed by atoms with Crippen molar-refractivity contribution in [3.05, 3.63) is 17.6 Å². The summed E-state index contributed by atoms with van der Waals surface area (Å²) >= 11 is 0. The zero-order valence-corrected chi connectivity index (χ0v) is 12.1. The fraction of sp³-hybridized carbons (Fsp3) is 0.583. The third kappa shape index (κ3) is 4.07. The highest BCUT2D eigenvalue weighted by atomic mass is 32.2. The molecule has 0 fully saturated rings. The molecular weight excluding hydrogens is 270 g/mol. The first-order chi connectivity index (χ1) is 8.77. The Labute approximate surface area is 112 Å². The molecule has 0 bridgehead atoms. The normalized spacial score (nSPS) is 13.4. The van der Waals surface area contributed by atoms with Crippen LogP contribution in [0.5, 0.6) is 0 Å². The van der Waals surface area contributed by atoms with Crippen LogP contribution in [-0.4, -0.2) is 25.5 Å². The van der Waals surface area contributed by atoms with Crippen molar-refractivity contribution in [2.45, 2.75) is 51.0 Å². The topological polar surface area (TPSA) is 96.6 Å². The molecule has 1 heterocycles. The van der Waals surface area contributed by atoms with Crippen molar-refractivity contribution in [3.8, 4) is 0 Å². The smallest absolute Gasteiger partial charge is 0.321 e. The third-order valence-corrected chi connectivity index (χ3v) is 4.31. The minimum absolute atomic E-state index is 0.00671. The van der Waals surface area contributed by atoms with Gasteiger partial charge in [-0.1, -0.05) is 19.8 Å². The first kappa shape index (κ1) is 15.7. The van der Waals surface area contributed by atoms with Gasteiger partial charge in [0.25, 0.3) is 0 Å². The third-order valence-electron chi connectivity index (χ3n) is 2.73. The number of carboxylic acid groups (broad SMARTS) is 1. The maximum Gasteiger partial charge on any atom is 0.321 e. The molecule has 19 heavy (non-hydrogen) atoms. The van der Waals surface area contributed by atoms with Gasteiger partial charge >= 0.3 is 5.97 Å². The van der Waals surface area contributed by atoms with E-state index >= 15 is 0 Å². The van der Waals surface area contributed by atoms with Crippen LogP contribution in [0.25, 0.3) is 0 Å². The Morgan fingerprint density at radius 3 is 2.53 bits per heavy atom. The number of sulfonamides is 1. The van der Waals surface area contributed by atoms with Gasteiger partial charge in [-0.25, -0.2) is 8.42 Å². The molecule has 108 valence electrons. The number of hydrogen-bond donors (Lipinski definition) is 2. The van der Waals surface area contributed by atoms with E-state index in [0.29, 0.717) is 12.2 Å². The van der Waals surface area contributed by atoms with Gasteiger partial charge in [0.1, 0.15) is 22.5 Å². The highest BCUT2D eigenvalue weighted by Crippen LogP contribution is 2.20. The van der Waals surface area contributed by atoms with Gasteiger partial charge in [-0.05, 0) is 26.3 Å². The number of rotatable bonds is 7. The van der Waals surface area contributed by atoms with Crippen LogP contribution >= 0.6 is 0 Å². The fourth-order valence-corrected chi connectivity index (χ4v) is 3.23. The highest BCUT2D eigenvalue weighted by molar-refractivity contribution is 7.89. The Morgan fingerprint density at radius 2 is 2.11 bits per heavy atom. The van der Waals surface area contributed by atoms with Gasteiger partial charge in [0.05, 0.1) is 0 Å². The Bertz CT molecular complexity index is 546. The summed E-state index contributed by atoms with van der Waals surface area (Å²) in [5, 5.41) is 9.03. The summed E-state index contributed by atoms with van der Waals surface area (Å²) in [5.41, 5.74) is 0. The summed E-state index contributed by atoms with van der Waals surface area (Å²) in [6.45, 7) is 5.08. The molecule has 1 atom stereocenters. The Balaban J connectivity index is 2.94. The van der Waals surface area contributed by atoms with E-state index in [9.17, 15) is 13.2 Å². The van der Waals surface area contributed by atoms with E-state index in [1.807, 2.05) is 6.92 Å². The van der Waals surface area contributed by atoms with Crippen molar-refractivity contribution >= 4 is 16.0 Å². The number of carboxylic acids is 1. The number of hydrogen-bond acceptors (Lipinski definition) is 4. The summed E-state index contributed by atoms with van der Waals surface area (Å²) in [6.07, 6.45) is 1.71. The van der Waals surface area contributed by atoms with Crippen LogP contribution in [0, 0.1) is 13.8 Å². The number of unbranched alkanes of at least 4 members (excludes halogenated alkanes) is 1. The summed E-state index contributed by atoms with van der Waals surface area (Å²) in [7, 11) is -3.87. The molecule has 0 aromatic carbocycles. The molecule has 0 radical (unpaired) electrons. The zero-order chi connectivity index (χ0) is 14.6. The maximum absolute atomic E-state index is 12.1. The van der Waals surface area contributed by atoms with E-state index in [2.05, 4.69) is 4.72 Å². The minimum atomic E-state index is -3.87. The number of nitrogens with one attached hydrogen (secondary N) is 1. The van der Waals surface area contributed by atoms with Crippen molar-refractivity contribution in [3.63, 3.8) is 0 Å². The molecule has 0 spiro atoms. The first-order valence-corrected chi connectivity index (χ1v) is 7.58. The lowest BCUT2D eigenvalue weighted by atomic mass is 10.1. The van der Waals surface area contributed by atoms with Crippen molar-refractivity contribution in [1.82, 2.24) is 4.72 Å². The molecule has 1 aromatic rings. The largest absolute Gasteiger partial charge is 0.480 e. The fourth-order valence-electron chi connectivity index (χ4n) is 1.77. The molecule has 1 rings (SSSR count). The predicted octanol–water partition coefficient (Wildman–Crippen LogP) is 1.82. The monoisotopic (exact) mass is 289 g/mol. The minimum Gasteiger partial charge on any atom is -0.480 e. The van der Waals surface area contributed by atoms with Crippen molar-refractivity contribution in [2.24, 2.45) is 0 Å². The lowest BCUT2D eigenvalue weighted by Crippen LogP contribution is -2.40. The second kappa shape index (κ2) is 6.21. The van der Waals surface area contributed by atoms with Gasteiger partial charge in [0.15, 0.2) is 0 Å². The first-order valence-electron chi connectivity index (χ1n) is 6.10. The van der Waals surface area contributed by atoms with Gasteiger partial charge in [-0.2, -0.15) is 4.72 Å². The van der Waals surface area contributed by atoms with E-state index in [1.54, 1.807) is 6.92 Å². The molecule has 7 heteroatoms. The van der Waals surface area contributed by atoms with Gasteiger partial charge in [-0.15, -0.1) is 0 Å². The van der Waals surface area contributed by atoms with Crippen LogP contribution in [-0.2, 0) is 14.8 Å². The van der Waals surface area contributed by atoms with E-state index in [-0.39, 0.29) is 17.1 Å². The van der Waals surface area contributed by atoms with Gasteiger partial charge < -0.3 is 9.52 Å². The average Bonchev–Trinajstić information content (AvgIpc) is 2.64. The lowest BCUT2D eigenvalue weighted by molar-refractivity contribution is -0.139. The number of aliphatic carboxylic acids is 1. The van der Waals surface area contributed by atoms with Crippen LogP contribution < -0.4 is 4.72 Å². The van der Waals surface area contributed by atoms with E-state index in [0.717, 1.165) is 6.42 Å². The average molecular weight is 289 g/mol. The zero-order valence-electron chi connectivity index (χ0n) is 11.3. The van der Waals surface area contributed by atoms with Gasteiger partial charge in [-0.3, -0.25) is 4.79 Å². The summed E-state index contributed by atoms with van der Waals surface area (Å²) in [5.74, 6) is -0.446. The molecule has 0 amide bonds. The molecule has 1 aromatic heterocycles. The summed E-state index contributed by atoms with van der Waals surface area (Å²) in [6, 6.07) is 0.274. The molecule has 6 nitrogen and oxygen atoms in total. The second-order valence-electron chi connectivity index (χ2n) is 4.43. The molecule has 0 aliphatic carbocycles. The quantitative estimate of drug-likeness (QED) is 0.798. The molecular formula is C12H19NO5S. The standard InChI is InChI=1S/C12H19NO5S/c1-4-5-6-10(12(14)15)13-19(16,17)11-7-8(2)18-9(11)3/h7,10,13H,4-6H2,1-3H3,(H,14,15)/t10-/m0/s1. The SMILES string of the molecule is CCCC[C@H](NS(=O)(=O)c1cc(C)oc1C)C(=O)O. The Kier molecular flexibility index (Phi) is 5.13. The van der Waals surface area contributed by atoms with Crippen LogP contribution in [0.2, 0.25) is 0 Å². The maximum atomic E-state index is 12.1. The van der Waals surface area contributed by atoms with Crippen LogP contribution in [0.4, 0.5) is 0 Å². The Hall–Kier alpha value is -1.34. The van der Waals surface area contributed by atoms with Crippen LogP contribution in [0.1, 0.15) is 37.7 Å². The van der Waals surface area contributed by atoms with Gasteiger partial charge in [0, 0.05) is 0 Å². The van der Waals surface area contributed by atoms with E-state index < -0.39 is 22.0 Å². The van der Waals surface area contributed by atoms with Crippen LogP contribution in [0.3, 0.4) is 0 Å². The lowest BCUT2D eigenvalue weighted by Gasteiger charge is -2.13. The molecule has 0 aliphatic heterocycles. The molecule has 0 saturated carbocycles. The number of aryl methyl sites for hydroxylation is 2. The summed E-state index contributed by atoms with van der Waals surface area (Å²) in [4.78, 5) is 11.0. The number of carbonyl (C=O) groups is 1. The molecule has 2 N–H and O–H groups in total. The number of furan rings is 1. The van der Waals surface area contributed by atoms with Crippen molar-refractivity contribution < 1.29 is 22.7 Å². The van der Waals surface area contributed by atoms with Crippen molar-refractivity contribution in [1.29, 1.82) is 0 Å². The Morgan fingerprint density at radius 1 is 1.47 bits per heavy atom. The molecule has 0 saturated heterocycles. The predicted molar refractivity (Wildman–Crippen MR) is 69.5 cm³/mol. The molecule has 0 aliphatic rings. The van der Waals surface area contributed by atoms with E-state index in [4.69, 9.17) is 9.52 Å². The second-order valence-corrected chi connectivity index (χ2v) is 6.11. The van der Waals surface area contributed by atoms with Crippen molar-refractivity contribution in [2.75, 3.05) is 0 Å². The highest BCUT2D eigenvalue weighted by Gasteiger charge is 2.27. The summed E-state index contributed by atoms with van der Waals surface area (Å²) < 4.78 is 31.6. The molecule has 0 unspecified atom stereocenters. The van der Waals surface area contributed by atoms with E-state index in [1.165, 1.54) is 13.0 Å². The van der Waals surface area contributed by atoms with Gasteiger partial charge in [0.2, 0.25) is 10.0 Å².